The fourth-order valence-electron chi connectivity index (χ4n) is 3.48. The lowest BCUT2D eigenvalue weighted by Gasteiger charge is -2.26. The number of methoxy groups -OCH3 is 1. The Balaban J connectivity index is 2.16. The molecule has 1 amide bonds. The predicted octanol–water partition coefficient (Wildman–Crippen LogP) is 2.59. The molecule has 3 rings (SSSR count). The van der Waals surface area contributed by atoms with Crippen LogP contribution in [0.25, 0.3) is 5.76 Å². The molecule has 1 heterocycles. The Hall–Kier alpha value is -3.72. The molecule has 162 valence electrons. The maximum atomic E-state index is 12.9. The topological polar surface area (TPSA) is 113 Å². The van der Waals surface area contributed by atoms with E-state index in [1.165, 1.54) is 30.2 Å². The second-order valence-electron chi connectivity index (χ2n) is 7.38. The van der Waals surface area contributed by atoms with E-state index >= 15 is 0 Å². The van der Waals surface area contributed by atoms with Gasteiger partial charge in [0, 0.05) is 30.8 Å². The van der Waals surface area contributed by atoms with Crippen LogP contribution in [0.5, 0.6) is 5.75 Å². The van der Waals surface area contributed by atoms with Gasteiger partial charge >= 0.3 is 0 Å². The molecule has 0 saturated carbocycles. The number of likely N-dealkylation sites (tertiary alicyclic amines) is 1. The quantitative estimate of drug-likeness (QED) is 0.238. The van der Waals surface area contributed by atoms with E-state index in [1.54, 1.807) is 30.3 Å². The van der Waals surface area contributed by atoms with Gasteiger partial charge in [0.05, 0.1) is 23.6 Å². The van der Waals surface area contributed by atoms with Gasteiger partial charge < -0.3 is 19.6 Å². The Morgan fingerprint density at radius 3 is 2.45 bits per heavy atom. The Bertz CT molecular complexity index is 1050. The van der Waals surface area contributed by atoms with Crippen LogP contribution in [0, 0.1) is 10.1 Å². The molecule has 0 spiro atoms. The number of carbonyl (C=O) groups is 2. The molecule has 2 aromatic carbocycles. The maximum absolute atomic E-state index is 12.9. The standard InChI is InChI=1S/C22H23N3O6/c1-23(2)11-12-24-19(15-5-4-6-16(13-15)25(29)30)18(21(27)22(24)28)20(26)14-7-9-17(31-3)10-8-14/h4-10,13,19,26H,11-12H2,1-3H3/t19-/m0/s1. The molecule has 0 unspecified atom stereocenters. The molecule has 1 N–H and O–H groups in total. The average Bonchev–Trinajstić information content (AvgIpc) is 3.02. The largest absolute Gasteiger partial charge is 0.507 e. The molecule has 1 aliphatic heterocycles. The van der Waals surface area contributed by atoms with Crippen molar-refractivity contribution in [2.45, 2.75) is 6.04 Å². The number of hydrogen-bond donors (Lipinski definition) is 1. The number of carbonyl (C=O) groups excluding carboxylic acids is 2. The van der Waals surface area contributed by atoms with Gasteiger partial charge in [-0.3, -0.25) is 19.7 Å². The number of amides is 1. The first kappa shape index (κ1) is 22.0. The van der Waals surface area contributed by atoms with E-state index in [2.05, 4.69) is 0 Å². The van der Waals surface area contributed by atoms with Crippen molar-refractivity contribution in [2.75, 3.05) is 34.3 Å². The molecule has 1 saturated heterocycles. The second kappa shape index (κ2) is 8.97. The number of benzene rings is 2. The lowest BCUT2D eigenvalue weighted by molar-refractivity contribution is -0.384. The summed E-state index contributed by atoms with van der Waals surface area (Å²) >= 11 is 0. The molecule has 0 bridgehead atoms. The summed E-state index contributed by atoms with van der Waals surface area (Å²) in [7, 11) is 5.17. The van der Waals surface area contributed by atoms with Crippen LogP contribution in [0.4, 0.5) is 5.69 Å². The van der Waals surface area contributed by atoms with E-state index in [9.17, 15) is 24.8 Å². The van der Waals surface area contributed by atoms with Gasteiger partial charge in [-0.2, -0.15) is 0 Å². The van der Waals surface area contributed by atoms with Crippen LogP contribution in [-0.4, -0.2) is 65.8 Å². The first-order chi connectivity index (χ1) is 14.7. The first-order valence-electron chi connectivity index (χ1n) is 9.56. The minimum absolute atomic E-state index is 0.102. The highest BCUT2D eigenvalue weighted by molar-refractivity contribution is 6.46. The van der Waals surface area contributed by atoms with E-state index in [1.807, 2.05) is 19.0 Å². The third-order valence-corrected chi connectivity index (χ3v) is 5.09. The Kier molecular flexibility index (Phi) is 6.36. The van der Waals surface area contributed by atoms with Crippen molar-refractivity contribution in [3.63, 3.8) is 0 Å². The van der Waals surface area contributed by atoms with Crippen molar-refractivity contribution in [2.24, 2.45) is 0 Å². The number of ketones is 1. The second-order valence-corrected chi connectivity index (χ2v) is 7.38. The maximum Gasteiger partial charge on any atom is 0.295 e. The van der Waals surface area contributed by atoms with Gasteiger partial charge in [0.1, 0.15) is 11.5 Å². The van der Waals surface area contributed by atoms with Crippen molar-refractivity contribution >= 4 is 23.1 Å². The third kappa shape index (κ3) is 4.41. The molecular weight excluding hydrogens is 402 g/mol. The van der Waals surface area contributed by atoms with Crippen LogP contribution in [0.1, 0.15) is 17.2 Å². The van der Waals surface area contributed by atoms with E-state index in [0.29, 0.717) is 23.4 Å². The van der Waals surface area contributed by atoms with Crippen molar-refractivity contribution in [3.8, 4) is 5.75 Å². The van der Waals surface area contributed by atoms with Gasteiger partial charge in [0.25, 0.3) is 17.4 Å². The summed E-state index contributed by atoms with van der Waals surface area (Å²) in [5.41, 5.74) is 0.443. The SMILES string of the molecule is COc1ccc(C(O)=C2C(=O)C(=O)N(CCN(C)C)[C@H]2c2cccc([N+](=O)[O-])c2)cc1. The minimum atomic E-state index is -0.943. The highest BCUT2D eigenvalue weighted by Crippen LogP contribution is 2.40. The third-order valence-electron chi connectivity index (χ3n) is 5.09. The number of non-ortho nitro benzene ring substituents is 1. The lowest BCUT2D eigenvalue weighted by atomic mass is 9.95. The number of nitrogens with zero attached hydrogens (tertiary/aromatic N) is 3. The monoisotopic (exact) mass is 425 g/mol. The highest BCUT2D eigenvalue weighted by atomic mass is 16.6. The fourth-order valence-corrected chi connectivity index (χ4v) is 3.48. The lowest BCUT2D eigenvalue weighted by Crippen LogP contribution is -2.35. The molecule has 0 aromatic heterocycles. The minimum Gasteiger partial charge on any atom is -0.507 e. The van der Waals surface area contributed by atoms with Crippen LogP contribution < -0.4 is 4.74 Å². The molecule has 0 radical (unpaired) electrons. The zero-order valence-electron chi connectivity index (χ0n) is 17.4. The Morgan fingerprint density at radius 2 is 1.87 bits per heavy atom. The van der Waals surface area contributed by atoms with Gasteiger partial charge in [-0.25, -0.2) is 0 Å². The van der Waals surface area contributed by atoms with E-state index in [-0.39, 0.29) is 23.6 Å². The molecule has 1 fully saturated rings. The number of hydrogen-bond acceptors (Lipinski definition) is 7. The molecule has 1 aliphatic rings. The number of ether oxygens (including phenoxy) is 1. The molecular formula is C22H23N3O6. The fraction of sp³-hybridized carbons (Fsp3) is 0.273. The number of nitro benzene ring substituents is 1. The number of Topliss-reactive ketones (excluding diaryl/α,β-unsaturated/α-hetero) is 1. The smallest absolute Gasteiger partial charge is 0.295 e. The van der Waals surface area contributed by atoms with Crippen molar-refractivity contribution in [3.05, 3.63) is 75.3 Å². The van der Waals surface area contributed by atoms with Crippen LogP contribution in [0.3, 0.4) is 0 Å². The number of rotatable bonds is 7. The number of nitro groups is 1. The van der Waals surface area contributed by atoms with Gasteiger partial charge in [0.2, 0.25) is 0 Å². The Morgan fingerprint density at radius 1 is 1.19 bits per heavy atom. The van der Waals surface area contributed by atoms with E-state index in [0.717, 1.165) is 0 Å². The van der Waals surface area contributed by atoms with Crippen molar-refractivity contribution in [1.82, 2.24) is 9.80 Å². The van der Waals surface area contributed by atoms with Gasteiger partial charge in [-0.05, 0) is 43.9 Å². The summed E-state index contributed by atoms with van der Waals surface area (Å²) in [5.74, 6) is -1.36. The molecule has 1 atom stereocenters. The zero-order valence-corrected chi connectivity index (χ0v) is 17.4. The van der Waals surface area contributed by atoms with Crippen LogP contribution in [-0.2, 0) is 9.59 Å². The highest BCUT2D eigenvalue weighted by Gasteiger charge is 2.46. The molecule has 2 aromatic rings. The van der Waals surface area contributed by atoms with Crippen molar-refractivity contribution in [1.29, 1.82) is 0 Å². The van der Waals surface area contributed by atoms with E-state index < -0.39 is 22.7 Å². The first-order valence-corrected chi connectivity index (χ1v) is 9.56. The Labute approximate surface area is 179 Å². The molecule has 31 heavy (non-hydrogen) atoms. The summed E-state index contributed by atoms with van der Waals surface area (Å²) in [6.07, 6.45) is 0. The molecule has 9 nitrogen and oxygen atoms in total. The summed E-state index contributed by atoms with van der Waals surface area (Å²) in [5, 5.41) is 22.2. The van der Waals surface area contributed by atoms with Gasteiger partial charge in [-0.1, -0.05) is 12.1 Å². The molecule has 9 heteroatoms. The summed E-state index contributed by atoms with van der Waals surface area (Å²) in [6, 6.07) is 11.2. The summed E-state index contributed by atoms with van der Waals surface area (Å²) in [4.78, 5) is 39.7. The average molecular weight is 425 g/mol. The number of aliphatic hydroxyl groups excluding tert-OH is 1. The van der Waals surface area contributed by atoms with Gasteiger partial charge in [0.15, 0.2) is 0 Å². The number of likely N-dealkylation sites (N-methyl/N-ethyl adjacent to an activating group) is 1. The predicted molar refractivity (Wildman–Crippen MR) is 114 cm³/mol. The zero-order chi connectivity index (χ0) is 22.7. The summed E-state index contributed by atoms with van der Waals surface area (Å²) < 4.78 is 5.11. The normalized spacial score (nSPS) is 17.9. The van der Waals surface area contributed by atoms with Crippen LogP contribution in [0.2, 0.25) is 0 Å². The van der Waals surface area contributed by atoms with Crippen molar-refractivity contribution < 1.29 is 24.4 Å². The van der Waals surface area contributed by atoms with E-state index in [4.69, 9.17) is 4.74 Å². The van der Waals surface area contributed by atoms with Crippen LogP contribution in [0.15, 0.2) is 54.1 Å². The van der Waals surface area contributed by atoms with Crippen LogP contribution >= 0.6 is 0 Å². The number of aliphatic hydroxyl groups is 1. The van der Waals surface area contributed by atoms with Gasteiger partial charge in [-0.15, -0.1) is 0 Å². The molecule has 0 aliphatic carbocycles. The summed E-state index contributed by atoms with van der Waals surface area (Å²) in [6.45, 7) is 0.686.